The Hall–Kier alpha value is 0.390. The van der Waals surface area contributed by atoms with Gasteiger partial charge < -0.3 is 19.7 Å². The molecule has 1 aromatic rings. The van der Waals surface area contributed by atoms with Crippen molar-refractivity contribution in [3.63, 3.8) is 0 Å². The average Bonchev–Trinajstić information content (AvgIpc) is 2.07. The fourth-order valence-corrected chi connectivity index (χ4v) is 0.278. The van der Waals surface area contributed by atoms with Crippen LogP contribution < -0.4 is 0 Å². The SMILES string of the molecule is O=P(O)(O)O.[NaH].c1cc[nH]c1. The van der Waals surface area contributed by atoms with E-state index in [4.69, 9.17) is 19.2 Å². The van der Waals surface area contributed by atoms with Crippen LogP contribution in [0.25, 0.3) is 0 Å². The number of nitrogens with one attached hydrogen (secondary N) is 1. The molecule has 0 saturated carbocycles. The van der Waals surface area contributed by atoms with E-state index in [0.29, 0.717) is 0 Å². The Balaban J connectivity index is 0. The summed E-state index contributed by atoms with van der Waals surface area (Å²) in [6, 6.07) is 3.89. The number of aromatic nitrogens is 1. The molecule has 0 saturated heterocycles. The van der Waals surface area contributed by atoms with Gasteiger partial charge in [-0.3, -0.25) is 0 Å². The van der Waals surface area contributed by atoms with Crippen molar-refractivity contribution in [3.8, 4) is 0 Å². The number of hydrogen-bond donors (Lipinski definition) is 4. The smallest absolute Gasteiger partial charge is 0.000496 e. The first-order valence-corrected chi connectivity index (χ1v) is 3.93. The summed E-state index contributed by atoms with van der Waals surface area (Å²) in [7, 11) is -4.64. The first-order valence-electron chi connectivity index (χ1n) is 2.36. The topological polar surface area (TPSA) is 93.6 Å². The Kier molecular flexibility index (Phi) is 8.95. The summed E-state index contributed by atoms with van der Waals surface area (Å²) in [5.41, 5.74) is 0. The zero-order valence-corrected chi connectivity index (χ0v) is 5.90. The molecular weight excluding hydrogens is 180 g/mol. The van der Waals surface area contributed by atoms with Gasteiger partial charge in [-0.1, -0.05) is 0 Å². The summed E-state index contributed by atoms with van der Waals surface area (Å²) < 4.78 is 8.88. The molecule has 0 atom stereocenters. The normalized spacial score (nSPS) is 9.00. The summed E-state index contributed by atoms with van der Waals surface area (Å²) >= 11 is 0. The van der Waals surface area contributed by atoms with Gasteiger partial charge in [0.05, 0.1) is 0 Å². The van der Waals surface area contributed by atoms with Gasteiger partial charge in [0.25, 0.3) is 0 Å². The summed E-state index contributed by atoms with van der Waals surface area (Å²) in [6.45, 7) is 0. The minimum absolute atomic E-state index is 0. The van der Waals surface area contributed by atoms with Crippen molar-refractivity contribution < 1.29 is 19.2 Å². The number of hydrogen-bond acceptors (Lipinski definition) is 1. The summed E-state index contributed by atoms with van der Waals surface area (Å²) in [5.74, 6) is 0. The molecule has 0 spiro atoms. The maximum Gasteiger partial charge on any atom is 0.000496 e. The van der Waals surface area contributed by atoms with Gasteiger partial charge in [0.1, 0.15) is 0 Å². The molecule has 0 fully saturated rings. The molecule has 0 unspecified atom stereocenters. The molecule has 0 bridgehead atoms. The number of rotatable bonds is 0. The van der Waals surface area contributed by atoms with E-state index in [2.05, 4.69) is 4.98 Å². The molecule has 0 radical (unpaired) electrons. The van der Waals surface area contributed by atoms with Gasteiger partial charge in [0, 0.05) is 12.4 Å². The third-order valence-electron chi connectivity index (χ3n) is 0.496. The van der Waals surface area contributed by atoms with Crippen LogP contribution in [0.3, 0.4) is 0 Å². The molecule has 0 aliphatic carbocycles. The number of aromatic amines is 1. The van der Waals surface area contributed by atoms with E-state index in [0.717, 1.165) is 0 Å². The average molecular weight is 189 g/mol. The Morgan fingerprint density at radius 2 is 1.36 bits per heavy atom. The molecule has 7 heteroatoms. The van der Waals surface area contributed by atoms with Crippen LogP contribution in [0, 0.1) is 0 Å². The summed E-state index contributed by atoms with van der Waals surface area (Å²) in [5, 5.41) is 0. The summed E-state index contributed by atoms with van der Waals surface area (Å²) in [6.07, 6.45) is 3.75. The Morgan fingerprint density at radius 1 is 1.09 bits per heavy atom. The first-order chi connectivity index (χ1) is 4.50. The number of H-pyrrole nitrogens is 1. The van der Waals surface area contributed by atoms with E-state index < -0.39 is 7.82 Å². The monoisotopic (exact) mass is 189 g/mol. The largest absolute Gasteiger partial charge is 0.368 e. The Bertz CT molecular complexity index is 170. The van der Waals surface area contributed by atoms with E-state index in [1.165, 1.54) is 0 Å². The standard InChI is InChI=1S/C4H5N.Na.H3O4P.H/c1-2-4-5-3-1;;1-5(2,3)4;/h1-5H;;(H3,1,2,3,4);. The van der Waals surface area contributed by atoms with Gasteiger partial charge in [0.15, 0.2) is 0 Å². The van der Waals surface area contributed by atoms with E-state index >= 15 is 0 Å². The molecular formula is C4H9NNaO4P. The van der Waals surface area contributed by atoms with E-state index in [-0.39, 0.29) is 29.6 Å². The van der Waals surface area contributed by atoms with Gasteiger partial charge in [0.2, 0.25) is 0 Å². The van der Waals surface area contributed by atoms with Crippen molar-refractivity contribution >= 4 is 37.4 Å². The molecule has 4 N–H and O–H groups in total. The fourth-order valence-electron chi connectivity index (χ4n) is 0.278. The van der Waals surface area contributed by atoms with Crippen LogP contribution in [0.5, 0.6) is 0 Å². The van der Waals surface area contributed by atoms with Crippen molar-refractivity contribution in [2.24, 2.45) is 0 Å². The minimum atomic E-state index is -4.64. The van der Waals surface area contributed by atoms with Crippen LogP contribution in [-0.2, 0) is 4.57 Å². The van der Waals surface area contributed by atoms with Crippen LogP contribution in [0.15, 0.2) is 24.5 Å². The third-order valence-corrected chi connectivity index (χ3v) is 0.496. The third kappa shape index (κ3) is 25.2. The molecule has 60 valence electrons. The predicted octanol–water partition coefficient (Wildman–Crippen LogP) is -0.562. The van der Waals surface area contributed by atoms with Crippen LogP contribution in [0.2, 0.25) is 0 Å². The van der Waals surface area contributed by atoms with Gasteiger partial charge in [-0.2, -0.15) is 0 Å². The van der Waals surface area contributed by atoms with Gasteiger partial charge in [-0.25, -0.2) is 4.57 Å². The Morgan fingerprint density at radius 3 is 1.45 bits per heavy atom. The molecule has 0 aromatic carbocycles. The summed E-state index contributed by atoms with van der Waals surface area (Å²) in [4.78, 5) is 24.4. The number of phosphoric acid groups is 1. The maximum absolute atomic E-state index is 8.88. The van der Waals surface area contributed by atoms with E-state index in [1.807, 2.05) is 24.5 Å². The molecule has 1 rings (SSSR count). The molecule has 11 heavy (non-hydrogen) atoms. The van der Waals surface area contributed by atoms with Crippen molar-refractivity contribution in [1.82, 2.24) is 4.98 Å². The zero-order valence-electron chi connectivity index (χ0n) is 5.01. The molecule has 0 amide bonds. The van der Waals surface area contributed by atoms with E-state index in [1.54, 1.807) is 0 Å². The fraction of sp³-hybridized carbons (Fsp3) is 0. The Labute approximate surface area is 86.0 Å². The quantitative estimate of drug-likeness (QED) is 0.325. The second-order valence-electron chi connectivity index (χ2n) is 1.40. The van der Waals surface area contributed by atoms with Gasteiger partial charge >= 0.3 is 37.4 Å². The zero-order chi connectivity index (χ0) is 8.04. The molecule has 0 aliphatic heterocycles. The maximum atomic E-state index is 8.88. The van der Waals surface area contributed by atoms with E-state index in [9.17, 15) is 0 Å². The van der Waals surface area contributed by atoms with Crippen molar-refractivity contribution in [2.45, 2.75) is 0 Å². The second kappa shape index (κ2) is 7.06. The van der Waals surface area contributed by atoms with Crippen molar-refractivity contribution in [1.29, 1.82) is 0 Å². The predicted molar refractivity (Wildman–Crippen MR) is 42.2 cm³/mol. The molecule has 5 nitrogen and oxygen atoms in total. The van der Waals surface area contributed by atoms with Gasteiger partial charge in [-0.15, -0.1) is 0 Å². The van der Waals surface area contributed by atoms with Crippen LogP contribution in [-0.4, -0.2) is 49.2 Å². The van der Waals surface area contributed by atoms with Crippen molar-refractivity contribution in [2.75, 3.05) is 0 Å². The van der Waals surface area contributed by atoms with Crippen molar-refractivity contribution in [3.05, 3.63) is 24.5 Å². The van der Waals surface area contributed by atoms with Crippen LogP contribution in [0.4, 0.5) is 0 Å². The first kappa shape index (κ1) is 13.9. The molecule has 1 aromatic heterocycles. The molecule has 0 aliphatic rings. The van der Waals surface area contributed by atoms with Crippen LogP contribution >= 0.6 is 7.82 Å². The van der Waals surface area contributed by atoms with Gasteiger partial charge in [-0.05, 0) is 12.1 Å². The van der Waals surface area contributed by atoms with Crippen LogP contribution in [0.1, 0.15) is 0 Å². The minimum Gasteiger partial charge on any atom is -0.368 e. The molecule has 1 heterocycles. The second-order valence-corrected chi connectivity index (χ2v) is 2.42.